The fourth-order valence-corrected chi connectivity index (χ4v) is 3.20. The Bertz CT molecular complexity index is 1070. The summed E-state index contributed by atoms with van der Waals surface area (Å²) in [5.74, 6) is -1.04. The van der Waals surface area contributed by atoms with Crippen molar-refractivity contribution in [2.75, 3.05) is 12.8 Å². The molecule has 0 bridgehead atoms. The van der Waals surface area contributed by atoms with Gasteiger partial charge in [-0.15, -0.1) is 12.4 Å². The summed E-state index contributed by atoms with van der Waals surface area (Å²) in [4.78, 5) is 12.8. The van der Waals surface area contributed by atoms with Gasteiger partial charge in [0.25, 0.3) is 5.91 Å². The van der Waals surface area contributed by atoms with Crippen molar-refractivity contribution >= 4 is 29.8 Å². The van der Waals surface area contributed by atoms with Crippen LogP contribution in [-0.4, -0.2) is 18.9 Å². The largest absolute Gasteiger partial charge is 0.399 e. The number of amides is 1. The van der Waals surface area contributed by atoms with Crippen LogP contribution in [0.3, 0.4) is 0 Å². The van der Waals surface area contributed by atoms with Crippen LogP contribution in [0.1, 0.15) is 22.8 Å². The van der Waals surface area contributed by atoms with Crippen LogP contribution < -0.4 is 16.8 Å². The summed E-state index contributed by atoms with van der Waals surface area (Å²) in [6.07, 6.45) is -1.14. The summed E-state index contributed by atoms with van der Waals surface area (Å²) >= 11 is 0. The highest BCUT2D eigenvalue weighted by Crippen LogP contribution is 2.33. The van der Waals surface area contributed by atoms with Gasteiger partial charge in [0.05, 0.1) is 0 Å². The van der Waals surface area contributed by atoms with Gasteiger partial charge in [-0.1, -0.05) is 48.5 Å². The van der Waals surface area contributed by atoms with Gasteiger partial charge in [-0.2, -0.15) is 0 Å². The molecule has 0 aliphatic heterocycles. The minimum atomic E-state index is -1.14. The molecule has 0 fully saturated rings. The Balaban J connectivity index is 0.00000341. The second-order valence-corrected chi connectivity index (χ2v) is 6.77. The van der Waals surface area contributed by atoms with E-state index in [0.717, 1.165) is 5.56 Å². The number of anilines is 1. The maximum atomic E-state index is 14.8. The number of hydrogen-bond donors (Lipinski definition) is 4. The van der Waals surface area contributed by atoms with Crippen LogP contribution in [0.4, 0.5) is 10.1 Å². The molecular weight excluding hydrogens is 419 g/mol. The zero-order valence-corrected chi connectivity index (χ0v) is 17.7. The molecular formula is C23H24ClFN4O2. The lowest BCUT2D eigenvalue weighted by Crippen LogP contribution is -2.31. The predicted octanol–water partition coefficient (Wildman–Crippen LogP) is 3.78. The fourth-order valence-electron chi connectivity index (χ4n) is 3.20. The molecule has 0 radical (unpaired) electrons. The van der Waals surface area contributed by atoms with Crippen LogP contribution in [0.2, 0.25) is 0 Å². The van der Waals surface area contributed by atoms with Crippen molar-refractivity contribution in [1.82, 2.24) is 5.32 Å². The Hall–Kier alpha value is -3.42. The minimum absolute atomic E-state index is 0. The summed E-state index contributed by atoms with van der Waals surface area (Å²) < 4.78 is 20.2. The number of nitrogens with one attached hydrogen (secondary N) is 2. The molecule has 1 amide bonds. The quantitative estimate of drug-likeness (QED) is 0.253. The van der Waals surface area contributed by atoms with E-state index in [1.165, 1.54) is 13.2 Å². The molecule has 0 aliphatic carbocycles. The van der Waals surface area contributed by atoms with Crippen LogP contribution >= 0.6 is 12.4 Å². The van der Waals surface area contributed by atoms with Crippen molar-refractivity contribution in [2.24, 2.45) is 5.73 Å². The number of benzene rings is 3. The van der Waals surface area contributed by atoms with E-state index in [-0.39, 0.29) is 30.4 Å². The normalized spacial score (nSPS) is 11.3. The molecule has 3 aromatic carbocycles. The topological polar surface area (TPSA) is 114 Å². The van der Waals surface area contributed by atoms with Gasteiger partial charge in [0, 0.05) is 30.5 Å². The SMILES string of the molecule is COC(C(=O)NCc1ccc(C(=N)N)cc1)c1c(F)cccc1-c1cccc(N)c1.Cl. The molecule has 3 aromatic rings. The average Bonchev–Trinajstić information content (AvgIpc) is 2.74. The number of halogens is 2. The van der Waals surface area contributed by atoms with E-state index in [1.54, 1.807) is 60.7 Å². The van der Waals surface area contributed by atoms with Crippen molar-refractivity contribution < 1.29 is 13.9 Å². The van der Waals surface area contributed by atoms with Gasteiger partial charge >= 0.3 is 0 Å². The summed E-state index contributed by atoms with van der Waals surface area (Å²) in [6, 6.07) is 18.6. The Morgan fingerprint density at radius 2 is 1.81 bits per heavy atom. The standard InChI is InChI=1S/C23H23FN4O2.ClH/c1-30-21(23(29)28-13-14-8-10-15(11-9-14)22(26)27)20-18(6-3-7-19(20)24)16-4-2-5-17(25)12-16;/h2-12,21H,13,25H2,1H3,(H3,26,27)(H,28,29);1H. The summed E-state index contributed by atoms with van der Waals surface area (Å²) in [7, 11) is 1.36. The Kier molecular flexibility index (Phi) is 8.13. The number of hydrogen-bond acceptors (Lipinski definition) is 4. The molecule has 0 aromatic heterocycles. The molecule has 162 valence electrons. The molecule has 0 aliphatic rings. The first-order valence-electron chi connectivity index (χ1n) is 9.29. The van der Waals surface area contributed by atoms with Crippen LogP contribution in [-0.2, 0) is 16.1 Å². The zero-order valence-electron chi connectivity index (χ0n) is 16.9. The molecule has 6 nitrogen and oxygen atoms in total. The van der Waals surface area contributed by atoms with Crippen molar-refractivity contribution in [1.29, 1.82) is 5.41 Å². The average molecular weight is 443 g/mol. The minimum Gasteiger partial charge on any atom is -0.399 e. The first-order valence-corrected chi connectivity index (χ1v) is 9.29. The molecule has 1 atom stereocenters. The highest BCUT2D eigenvalue weighted by atomic mass is 35.5. The van der Waals surface area contributed by atoms with Gasteiger partial charge in [-0.3, -0.25) is 10.2 Å². The van der Waals surface area contributed by atoms with Gasteiger partial charge in [-0.25, -0.2) is 4.39 Å². The second kappa shape index (κ2) is 10.6. The van der Waals surface area contributed by atoms with E-state index in [0.29, 0.717) is 22.4 Å². The highest BCUT2D eigenvalue weighted by molar-refractivity contribution is 5.94. The number of nitrogens with two attached hydrogens (primary N) is 2. The fraction of sp³-hybridized carbons (Fsp3) is 0.130. The van der Waals surface area contributed by atoms with Crippen LogP contribution in [0.25, 0.3) is 11.1 Å². The van der Waals surface area contributed by atoms with Crippen LogP contribution in [0, 0.1) is 11.2 Å². The summed E-state index contributed by atoms with van der Waals surface area (Å²) in [5.41, 5.74) is 14.6. The van der Waals surface area contributed by atoms with Gasteiger partial charge in [0.15, 0.2) is 6.10 Å². The molecule has 0 saturated heterocycles. The lowest BCUT2D eigenvalue weighted by atomic mass is 9.94. The van der Waals surface area contributed by atoms with Crippen molar-refractivity contribution in [2.45, 2.75) is 12.6 Å². The number of carbonyl (C=O) groups excluding carboxylic acids is 1. The molecule has 8 heteroatoms. The highest BCUT2D eigenvalue weighted by Gasteiger charge is 2.26. The number of carbonyl (C=O) groups is 1. The number of ether oxygens (including phenoxy) is 1. The van der Waals surface area contributed by atoms with Gasteiger partial charge in [0.1, 0.15) is 11.7 Å². The lowest BCUT2D eigenvalue weighted by Gasteiger charge is -2.20. The van der Waals surface area contributed by atoms with Gasteiger partial charge in [-0.05, 0) is 34.9 Å². The van der Waals surface area contributed by atoms with E-state index in [2.05, 4.69) is 5.32 Å². The van der Waals surface area contributed by atoms with Crippen molar-refractivity contribution in [3.05, 3.63) is 89.2 Å². The number of methoxy groups -OCH3 is 1. The predicted molar refractivity (Wildman–Crippen MR) is 123 cm³/mol. The number of nitrogen functional groups attached to an aromatic ring is 2. The number of amidine groups is 1. The molecule has 31 heavy (non-hydrogen) atoms. The second-order valence-electron chi connectivity index (χ2n) is 6.77. The Labute approximate surface area is 186 Å². The monoisotopic (exact) mass is 442 g/mol. The molecule has 0 saturated carbocycles. The molecule has 1 unspecified atom stereocenters. The third kappa shape index (κ3) is 5.59. The van der Waals surface area contributed by atoms with Gasteiger partial charge in [0.2, 0.25) is 0 Å². The zero-order chi connectivity index (χ0) is 21.7. The number of rotatable bonds is 7. The van der Waals surface area contributed by atoms with E-state index in [1.807, 2.05) is 0 Å². The van der Waals surface area contributed by atoms with Crippen molar-refractivity contribution in [3.63, 3.8) is 0 Å². The molecule has 0 spiro atoms. The summed E-state index contributed by atoms with van der Waals surface area (Å²) in [5, 5.41) is 10.2. The van der Waals surface area contributed by atoms with Gasteiger partial charge < -0.3 is 21.5 Å². The molecule has 6 N–H and O–H groups in total. The summed E-state index contributed by atoms with van der Waals surface area (Å²) in [6.45, 7) is 0.221. The first kappa shape index (κ1) is 23.9. The van der Waals surface area contributed by atoms with E-state index < -0.39 is 17.8 Å². The smallest absolute Gasteiger partial charge is 0.254 e. The van der Waals surface area contributed by atoms with Crippen LogP contribution in [0.15, 0.2) is 66.7 Å². The third-order valence-corrected chi connectivity index (χ3v) is 4.72. The van der Waals surface area contributed by atoms with E-state index in [9.17, 15) is 9.18 Å². The molecule has 0 heterocycles. The van der Waals surface area contributed by atoms with E-state index in [4.69, 9.17) is 21.6 Å². The maximum absolute atomic E-state index is 14.8. The van der Waals surface area contributed by atoms with Crippen LogP contribution in [0.5, 0.6) is 0 Å². The lowest BCUT2D eigenvalue weighted by molar-refractivity contribution is -0.131. The Morgan fingerprint density at radius 3 is 2.42 bits per heavy atom. The maximum Gasteiger partial charge on any atom is 0.254 e. The van der Waals surface area contributed by atoms with Crippen molar-refractivity contribution in [3.8, 4) is 11.1 Å². The molecule has 3 rings (SSSR count). The first-order chi connectivity index (χ1) is 14.4. The third-order valence-electron chi connectivity index (χ3n) is 4.72. The Morgan fingerprint density at radius 1 is 1.13 bits per heavy atom. The van der Waals surface area contributed by atoms with E-state index >= 15 is 0 Å².